The van der Waals surface area contributed by atoms with Gasteiger partial charge in [-0.2, -0.15) is 0 Å². The third-order valence-electron chi connectivity index (χ3n) is 2.63. The van der Waals surface area contributed by atoms with Crippen molar-refractivity contribution in [2.75, 3.05) is 0 Å². The molecule has 2 unspecified atom stereocenters. The second-order valence-corrected chi connectivity index (χ2v) is 4.47. The smallest absolute Gasteiger partial charge is 0.220 e. The van der Waals surface area contributed by atoms with Crippen molar-refractivity contribution in [3.63, 3.8) is 0 Å². The fourth-order valence-corrected chi connectivity index (χ4v) is 1.60. The summed E-state index contributed by atoms with van der Waals surface area (Å²) < 4.78 is 26.2. The quantitative estimate of drug-likeness (QED) is 0.877. The summed E-state index contributed by atoms with van der Waals surface area (Å²) in [5.41, 5.74) is 5.81. The summed E-state index contributed by atoms with van der Waals surface area (Å²) in [4.78, 5) is 11.5. The Morgan fingerprint density at radius 3 is 2.53 bits per heavy atom. The maximum Gasteiger partial charge on any atom is 0.220 e. The third-order valence-corrected chi connectivity index (χ3v) is 2.63. The molecule has 0 bridgehead atoms. The van der Waals surface area contributed by atoms with E-state index >= 15 is 0 Å². The summed E-state index contributed by atoms with van der Waals surface area (Å²) in [6, 6.07) is 2.77. The molecule has 0 radical (unpaired) electrons. The monoisotopic (exact) mass is 292 g/mol. The van der Waals surface area contributed by atoms with Crippen LogP contribution < -0.4 is 11.1 Å². The molecule has 1 rings (SSSR count). The lowest BCUT2D eigenvalue weighted by Crippen LogP contribution is -2.28. The van der Waals surface area contributed by atoms with Crippen LogP contribution in [0.2, 0.25) is 0 Å². The van der Waals surface area contributed by atoms with Gasteiger partial charge >= 0.3 is 0 Å². The number of hydrogen-bond donors (Lipinski definition) is 2. The van der Waals surface area contributed by atoms with Crippen molar-refractivity contribution in [3.8, 4) is 0 Å². The molecule has 0 fully saturated rings. The molecule has 0 spiro atoms. The average Bonchev–Trinajstić information content (AvgIpc) is 2.26. The normalized spacial score (nSPS) is 13.3. The first-order valence-electron chi connectivity index (χ1n) is 5.90. The molecule has 19 heavy (non-hydrogen) atoms. The van der Waals surface area contributed by atoms with Gasteiger partial charge in [0.05, 0.1) is 6.04 Å². The maximum atomic E-state index is 13.5. The first-order chi connectivity index (χ1) is 8.40. The van der Waals surface area contributed by atoms with Crippen molar-refractivity contribution >= 4 is 18.3 Å². The van der Waals surface area contributed by atoms with Crippen molar-refractivity contribution in [1.29, 1.82) is 0 Å². The van der Waals surface area contributed by atoms with Crippen molar-refractivity contribution in [2.24, 2.45) is 5.73 Å². The molecule has 1 amide bonds. The van der Waals surface area contributed by atoms with Gasteiger partial charge in [-0.05, 0) is 26.3 Å². The zero-order chi connectivity index (χ0) is 13.7. The number of rotatable bonds is 5. The Morgan fingerprint density at radius 2 is 2.00 bits per heavy atom. The van der Waals surface area contributed by atoms with Crippen molar-refractivity contribution in [3.05, 3.63) is 35.4 Å². The first kappa shape index (κ1) is 17.8. The minimum absolute atomic E-state index is 0. The highest BCUT2D eigenvalue weighted by atomic mass is 35.5. The Labute approximate surface area is 118 Å². The van der Waals surface area contributed by atoms with Crippen molar-refractivity contribution in [1.82, 2.24) is 5.32 Å². The highest BCUT2D eigenvalue weighted by molar-refractivity contribution is 5.85. The predicted octanol–water partition coefficient (Wildman–Crippen LogP) is 2.69. The molecule has 0 saturated carbocycles. The molecule has 0 aromatic heterocycles. The predicted molar refractivity (Wildman–Crippen MR) is 73.0 cm³/mol. The molecule has 1 aromatic rings. The molecule has 0 aliphatic rings. The fourth-order valence-electron chi connectivity index (χ4n) is 1.60. The summed E-state index contributed by atoms with van der Waals surface area (Å²) in [6.07, 6.45) is 0.870. The molecule has 0 saturated heterocycles. The molecule has 3 N–H and O–H groups in total. The second-order valence-electron chi connectivity index (χ2n) is 4.47. The number of carbonyl (C=O) groups excluding carboxylic acids is 1. The summed E-state index contributed by atoms with van der Waals surface area (Å²) in [5, 5.41) is 2.65. The molecule has 2 atom stereocenters. The molecule has 6 heteroatoms. The van der Waals surface area contributed by atoms with E-state index in [4.69, 9.17) is 5.73 Å². The van der Waals surface area contributed by atoms with E-state index in [1.165, 1.54) is 12.1 Å². The van der Waals surface area contributed by atoms with Crippen LogP contribution in [0.5, 0.6) is 0 Å². The fraction of sp³-hybridized carbons (Fsp3) is 0.462. The van der Waals surface area contributed by atoms with Crippen LogP contribution in [-0.2, 0) is 4.79 Å². The zero-order valence-corrected chi connectivity index (χ0v) is 11.8. The van der Waals surface area contributed by atoms with Crippen LogP contribution >= 0.6 is 12.4 Å². The average molecular weight is 293 g/mol. The lowest BCUT2D eigenvalue weighted by molar-refractivity contribution is -0.121. The number of hydrogen-bond acceptors (Lipinski definition) is 2. The van der Waals surface area contributed by atoms with Gasteiger partial charge in [0, 0.05) is 24.1 Å². The molecule has 3 nitrogen and oxygen atoms in total. The van der Waals surface area contributed by atoms with Crippen LogP contribution in [0, 0.1) is 11.6 Å². The molecule has 1 aromatic carbocycles. The number of carbonyl (C=O) groups is 1. The highest BCUT2D eigenvalue weighted by Crippen LogP contribution is 2.17. The zero-order valence-electron chi connectivity index (χ0n) is 11.0. The van der Waals surface area contributed by atoms with E-state index in [-0.39, 0.29) is 29.9 Å². The van der Waals surface area contributed by atoms with Crippen LogP contribution in [-0.4, -0.2) is 11.9 Å². The van der Waals surface area contributed by atoms with Crippen LogP contribution in [0.1, 0.15) is 38.3 Å². The summed E-state index contributed by atoms with van der Waals surface area (Å²) in [5.74, 6) is -1.48. The van der Waals surface area contributed by atoms with Gasteiger partial charge in [0.2, 0.25) is 5.91 Å². The molecule has 0 heterocycles. The van der Waals surface area contributed by atoms with E-state index in [9.17, 15) is 13.6 Å². The van der Waals surface area contributed by atoms with Gasteiger partial charge < -0.3 is 11.1 Å². The van der Waals surface area contributed by atoms with E-state index in [1.807, 2.05) is 6.92 Å². The first-order valence-corrected chi connectivity index (χ1v) is 5.90. The second kappa shape index (κ2) is 8.07. The van der Waals surface area contributed by atoms with Gasteiger partial charge in [0.1, 0.15) is 11.6 Å². The number of nitrogens with two attached hydrogens (primary N) is 1. The summed E-state index contributed by atoms with van der Waals surface area (Å²) in [6.45, 7) is 3.47. The van der Waals surface area contributed by atoms with Gasteiger partial charge in [-0.1, -0.05) is 6.07 Å². The minimum Gasteiger partial charge on any atom is -0.349 e. The van der Waals surface area contributed by atoms with Crippen LogP contribution in [0.4, 0.5) is 8.78 Å². The van der Waals surface area contributed by atoms with Gasteiger partial charge in [-0.25, -0.2) is 8.78 Å². The summed E-state index contributed by atoms with van der Waals surface area (Å²) >= 11 is 0. The number of nitrogens with one attached hydrogen (secondary N) is 1. The number of halogens is 3. The van der Waals surface area contributed by atoms with E-state index < -0.39 is 17.7 Å². The van der Waals surface area contributed by atoms with Gasteiger partial charge in [-0.3, -0.25) is 4.79 Å². The molecule has 108 valence electrons. The minimum atomic E-state index is -0.657. The molecular formula is C13H19ClF2N2O. The Bertz CT molecular complexity index is 427. The van der Waals surface area contributed by atoms with E-state index in [0.29, 0.717) is 12.8 Å². The highest BCUT2D eigenvalue weighted by Gasteiger charge is 2.14. The van der Waals surface area contributed by atoms with Crippen LogP contribution in [0.3, 0.4) is 0 Å². The third kappa shape index (κ3) is 5.98. The number of amides is 1. The Hall–Kier alpha value is -1.20. The lowest BCUT2D eigenvalue weighted by atomic mass is 10.1. The largest absolute Gasteiger partial charge is 0.349 e. The SMILES string of the molecule is CC(N)CCC(=O)NC(C)c1ccc(F)cc1F.Cl. The lowest BCUT2D eigenvalue weighted by Gasteiger charge is -2.15. The number of benzene rings is 1. The van der Waals surface area contributed by atoms with Crippen molar-refractivity contribution < 1.29 is 13.6 Å². The van der Waals surface area contributed by atoms with Gasteiger partial charge in [0.25, 0.3) is 0 Å². The molecular weight excluding hydrogens is 274 g/mol. The van der Waals surface area contributed by atoms with Gasteiger partial charge in [0.15, 0.2) is 0 Å². The Balaban J connectivity index is 0.00000324. The van der Waals surface area contributed by atoms with E-state index in [2.05, 4.69) is 5.32 Å². The van der Waals surface area contributed by atoms with Crippen LogP contribution in [0.15, 0.2) is 18.2 Å². The van der Waals surface area contributed by atoms with Gasteiger partial charge in [-0.15, -0.1) is 12.4 Å². The topological polar surface area (TPSA) is 55.1 Å². The Kier molecular flexibility index (Phi) is 7.56. The maximum absolute atomic E-state index is 13.5. The standard InChI is InChI=1S/C13H18F2N2O.ClH/c1-8(16)3-6-13(18)17-9(2)11-5-4-10(14)7-12(11)15;/h4-5,7-9H,3,6,16H2,1-2H3,(H,17,18);1H. The molecule has 0 aliphatic carbocycles. The van der Waals surface area contributed by atoms with E-state index in [1.54, 1.807) is 6.92 Å². The van der Waals surface area contributed by atoms with Crippen molar-refractivity contribution in [2.45, 2.75) is 38.8 Å². The van der Waals surface area contributed by atoms with Crippen LogP contribution in [0.25, 0.3) is 0 Å². The van der Waals surface area contributed by atoms with E-state index in [0.717, 1.165) is 6.07 Å². The molecule has 0 aliphatic heterocycles. The Morgan fingerprint density at radius 1 is 1.37 bits per heavy atom. The summed E-state index contributed by atoms with van der Waals surface area (Å²) in [7, 11) is 0.